The van der Waals surface area contributed by atoms with Gasteiger partial charge < -0.3 is 14.8 Å². The number of hydrogen-bond donors (Lipinski definition) is 1. The lowest BCUT2D eigenvalue weighted by Gasteiger charge is -2.10. The normalized spacial score (nSPS) is 10.5. The van der Waals surface area contributed by atoms with Crippen molar-refractivity contribution >= 4 is 38.1 Å². The minimum Gasteiger partial charge on any atom is -0.493 e. The zero-order chi connectivity index (χ0) is 18.0. The molecule has 0 saturated heterocycles. The van der Waals surface area contributed by atoms with Crippen molar-refractivity contribution < 1.29 is 19.1 Å². The fourth-order valence-corrected chi connectivity index (χ4v) is 3.79. The molecule has 2 aromatic carbocycles. The lowest BCUT2D eigenvalue weighted by Crippen LogP contribution is -2.09. The Morgan fingerprint density at radius 1 is 1.00 bits per heavy atom. The van der Waals surface area contributed by atoms with E-state index in [1.807, 2.05) is 24.3 Å². The second kappa shape index (κ2) is 6.94. The minimum absolute atomic E-state index is 0.179. The van der Waals surface area contributed by atoms with Crippen LogP contribution >= 0.6 is 11.3 Å². The molecule has 1 heterocycles. The molecule has 128 valence electrons. The molecule has 0 bridgehead atoms. The van der Waals surface area contributed by atoms with Crippen LogP contribution in [-0.4, -0.2) is 25.9 Å². The van der Waals surface area contributed by atoms with Crippen LogP contribution in [0.3, 0.4) is 0 Å². The van der Waals surface area contributed by atoms with Crippen molar-refractivity contribution in [3.8, 4) is 11.5 Å². The van der Waals surface area contributed by atoms with E-state index in [1.54, 1.807) is 25.3 Å². The van der Waals surface area contributed by atoms with E-state index in [2.05, 4.69) is 5.32 Å². The molecule has 3 aromatic rings. The number of ketones is 1. The molecule has 0 aliphatic carbocycles. The van der Waals surface area contributed by atoms with E-state index in [-0.39, 0.29) is 11.7 Å². The van der Waals surface area contributed by atoms with Crippen molar-refractivity contribution in [1.82, 2.24) is 0 Å². The number of nitrogens with one attached hydrogen (secondary N) is 1. The second-order valence-electron chi connectivity index (χ2n) is 5.38. The Morgan fingerprint density at radius 2 is 1.72 bits per heavy atom. The standard InChI is InChI=1S/C19H17NO4S/c1-11(21)20-19-17(13-6-4-5-7-16(13)25-19)18(22)12-8-9-14(23-2)15(10-12)24-3/h4-10H,1-3H3,(H,20,21). The number of carbonyl (C=O) groups excluding carboxylic acids is 2. The predicted octanol–water partition coefficient (Wildman–Crippen LogP) is 4.11. The Balaban J connectivity index is 2.14. The molecule has 6 heteroatoms. The van der Waals surface area contributed by atoms with Gasteiger partial charge in [-0.15, -0.1) is 11.3 Å². The van der Waals surface area contributed by atoms with E-state index in [9.17, 15) is 9.59 Å². The molecular formula is C19H17NO4S. The zero-order valence-corrected chi connectivity index (χ0v) is 14.9. The highest BCUT2D eigenvalue weighted by molar-refractivity contribution is 7.23. The monoisotopic (exact) mass is 355 g/mol. The molecule has 25 heavy (non-hydrogen) atoms. The Bertz CT molecular complexity index is 961. The van der Waals surface area contributed by atoms with Crippen LogP contribution in [0.5, 0.6) is 11.5 Å². The Morgan fingerprint density at radius 3 is 2.40 bits per heavy atom. The Kier molecular flexibility index (Phi) is 4.72. The fraction of sp³-hybridized carbons (Fsp3) is 0.158. The van der Waals surface area contributed by atoms with Crippen molar-refractivity contribution in [3.63, 3.8) is 0 Å². The zero-order valence-electron chi connectivity index (χ0n) is 14.1. The van der Waals surface area contributed by atoms with E-state index in [0.29, 0.717) is 27.6 Å². The summed E-state index contributed by atoms with van der Waals surface area (Å²) in [5.41, 5.74) is 0.954. The van der Waals surface area contributed by atoms with Gasteiger partial charge in [0.1, 0.15) is 5.00 Å². The number of carbonyl (C=O) groups is 2. The van der Waals surface area contributed by atoms with E-state index in [4.69, 9.17) is 9.47 Å². The molecule has 0 aliphatic rings. The molecular weight excluding hydrogens is 338 g/mol. The van der Waals surface area contributed by atoms with Crippen LogP contribution < -0.4 is 14.8 Å². The first-order valence-electron chi connectivity index (χ1n) is 7.61. The molecule has 0 spiro atoms. The minimum atomic E-state index is -0.215. The smallest absolute Gasteiger partial charge is 0.221 e. The average Bonchev–Trinajstić information content (AvgIpc) is 2.97. The van der Waals surface area contributed by atoms with Crippen LogP contribution in [0.15, 0.2) is 42.5 Å². The number of thiophene rings is 1. The van der Waals surface area contributed by atoms with Crippen LogP contribution in [0.1, 0.15) is 22.8 Å². The van der Waals surface area contributed by atoms with Gasteiger partial charge in [-0.05, 0) is 24.3 Å². The van der Waals surface area contributed by atoms with Gasteiger partial charge in [-0.3, -0.25) is 9.59 Å². The maximum atomic E-state index is 13.2. The summed E-state index contributed by atoms with van der Waals surface area (Å²) in [6.45, 7) is 1.43. The fourth-order valence-electron chi connectivity index (χ4n) is 2.64. The van der Waals surface area contributed by atoms with Crippen LogP contribution in [0.4, 0.5) is 5.00 Å². The summed E-state index contributed by atoms with van der Waals surface area (Å²) in [7, 11) is 3.06. The molecule has 0 radical (unpaired) electrons. The summed E-state index contributed by atoms with van der Waals surface area (Å²) in [4.78, 5) is 24.7. The van der Waals surface area contributed by atoms with Gasteiger partial charge in [0.2, 0.25) is 5.91 Å². The van der Waals surface area contributed by atoms with Crippen LogP contribution in [0.2, 0.25) is 0 Å². The van der Waals surface area contributed by atoms with E-state index < -0.39 is 0 Å². The molecule has 1 amide bonds. The van der Waals surface area contributed by atoms with Crippen molar-refractivity contribution in [2.75, 3.05) is 19.5 Å². The van der Waals surface area contributed by atoms with Gasteiger partial charge in [0, 0.05) is 22.6 Å². The van der Waals surface area contributed by atoms with Crippen molar-refractivity contribution in [2.45, 2.75) is 6.92 Å². The number of methoxy groups -OCH3 is 2. The van der Waals surface area contributed by atoms with E-state index in [1.165, 1.54) is 25.4 Å². The highest BCUT2D eigenvalue weighted by atomic mass is 32.1. The van der Waals surface area contributed by atoms with E-state index >= 15 is 0 Å². The maximum absolute atomic E-state index is 13.2. The quantitative estimate of drug-likeness (QED) is 0.700. The highest BCUT2D eigenvalue weighted by Crippen LogP contribution is 2.38. The number of hydrogen-bond acceptors (Lipinski definition) is 5. The first-order chi connectivity index (χ1) is 12.0. The van der Waals surface area contributed by atoms with Gasteiger partial charge in [-0.25, -0.2) is 0 Å². The number of rotatable bonds is 5. The summed E-state index contributed by atoms with van der Waals surface area (Å²) >= 11 is 1.38. The molecule has 1 aromatic heterocycles. The van der Waals surface area contributed by atoms with Gasteiger partial charge >= 0.3 is 0 Å². The lowest BCUT2D eigenvalue weighted by molar-refractivity contribution is -0.114. The molecule has 0 saturated carbocycles. The average molecular weight is 355 g/mol. The molecule has 0 fully saturated rings. The maximum Gasteiger partial charge on any atom is 0.221 e. The van der Waals surface area contributed by atoms with Crippen LogP contribution in [0.25, 0.3) is 10.1 Å². The van der Waals surface area contributed by atoms with Gasteiger partial charge in [0.05, 0.1) is 19.8 Å². The second-order valence-corrected chi connectivity index (χ2v) is 6.43. The highest BCUT2D eigenvalue weighted by Gasteiger charge is 2.22. The van der Waals surface area contributed by atoms with Crippen molar-refractivity contribution in [1.29, 1.82) is 0 Å². The Hall–Kier alpha value is -2.86. The third-order valence-electron chi connectivity index (χ3n) is 3.76. The number of amides is 1. The molecule has 0 unspecified atom stereocenters. The summed E-state index contributed by atoms with van der Waals surface area (Å²) in [6.07, 6.45) is 0. The molecule has 1 N–H and O–H groups in total. The molecule has 5 nitrogen and oxygen atoms in total. The van der Waals surface area contributed by atoms with Crippen molar-refractivity contribution in [3.05, 3.63) is 53.6 Å². The first kappa shape index (κ1) is 17.0. The first-order valence-corrected chi connectivity index (χ1v) is 8.42. The number of anilines is 1. The summed E-state index contributed by atoms with van der Waals surface area (Å²) < 4.78 is 11.4. The number of fused-ring (bicyclic) bond motifs is 1. The van der Waals surface area contributed by atoms with Crippen LogP contribution in [-0.2, 0) is 4.79 Å². The number of ether oxygens (including phenoxy) is 2. The largest absolute Gasteiger partial charge is 0.493 e. The molecule has 0 aliphatic heterocycles. The SMILES string of the molecule is COc1ccc(C(=O)c2c(NC(C)=O)sc3ccccc23)cc1OC. The topological polar surface area (TPSA) is 64.6 Å². The summed E-state index contributed by atoms with van der Waals surface area (Å²) in [5.74, 6) is 0.639. The van der Waals surface area contributed by atoms with Crippen molar-refractivity contribution in [2.24, 2.45) is 0 Å². The van der Waals surface area contributed by atoms with Gasteiger partial charge in [0.25, 0.3) is 0 Å². The van der Waals surface area contributed by atoms with Gasteiger partial charge in [-0.2, -0.15) is 0 Å². The third kappa shape index (κ3) is 3.21. The van der Waals surface area contributed by atoms with Crippen LogP contribution in [0, 0.1) is 0 Å². The number of benzene rings is 2. The van der Waals surface area contributed by atoms with E-state index in [0.717, 1.165) is 10.1 Å². The molecule has 3 rings (SSSR count). The van der Waals surface area contributed by atoms with Gasteiger partial charge in [0.15, 0.2) is 17.3 Å². The lowest BCUT2D eigenvalue weighted by atomic mass is 10.0. The third-order valence-corrected chi connectivity index (χ3v) is 4.84. The summed E-state index contributed by atoms with van der Waals surface area (Å²) in [5, 5.41) is 4.13. The Labute approximate surface area is 149 Å². The predicted molar refractivity (Wildman–Crippen MR) is 99.1 cm³/mol. The summed E-state index contributed by atoms with van der Waals surface area (Å²) in [6, 6.07) is 12.6. The van der Waals surface area contributed by atoms with Gasteiger partial charge in [-0.1, -0.05) is 18.2 Å². The molecule has 0 atom stereocenters.